The summed E-state index contributed by atoms with van der Waals surface area (Å²) >= 11 is 6.21. The Balaban J connectivity index is 1.16. The fourth-order valence-electron chi connectivity index (χ4n) is 6.27. The van der Waals surface area contributed by atoms with E-state index in [9.17, 15) is 19.2 Å². The van der Waals surface area contributed by atoms with Crippen LogP contribution in [0.2, 0.25) is 5.02 Å². The van der Waals surface area contributed by atoms with Gasteiger partial charge in [0.05, 0.1) is 23.4 Å². The summed E-state index contributed by atoms with van der Waals surface area (Å²) in [6.07, 6.45) is 5.07. The molecule has 4 aliphatic rings. The van der Waals surface area contributed by atoms with Gasteiger partial charge in [-0.05, 0) is 73.6 Å². The third kappa shape index (κ3) is 3.40. The number of hydrogen-bond donors (Lipinski definition) is 0. The molecule has 2 aliphatic carbocycles. The maximum Gasteiger partial charge on any atom is 0.316 e. The Kier molecular flexibility index (Phi) is 5.30. The topological polar surface area (TPSA) is 84.0 Å². The number of carbonyl (C=O) groups is 4. The first-order valence-electron chi connectivity index (χ1n) is 12.2. The Morgan fingerprint density at radius 1 is 0.972 bits per heavy atom. The van der Waals surface area contributed by atoms with Gasteiger partial charge in [-0.3, -0.25) is 19.2 Å². The number of anilines is 2. The largest absolute Gasteiger partial charge is 0.426 e. The predicted molar refractivity (Wildman–Crippen MR) is 134 cm³/mol. The van der Waals surface area contributed by atoms with Crippen LogP contribution in [0, 0.1) is 43.4 Å². The monoisotopic (exact) mass is 504 g/mol. The van der Waals surface area contributed by atoms with Crippen LogP contribution in [0.1, 0.15) is 24.0 Å². The molecule has 3 fully saturated rings. The molecule has 184 valence electrons. The van der Waals surface area contributed by atoms with Crippen molar-refractivity contribution in [1.82, 2.24) is 0 Å². The van der Waals surface area contributed by atoms with Gasteiger partial charge in [0, 0.05) is 23.7 Å². The SMILES string of the molecule is Cc1cc(OC(=O)[C@@H]2CC(=O)N(c3cccc(Cl)c3C)C2)ccc1N1C(=O)[C@H]2[C@H](C1=O)[C@H]1C=C[C@H]2C1. The number of hydrogen-bond acceptors (Lipinski definition) is 5. The third-order valence-corrected chi connectivity index (χ3v) is 8.50. The van der Waals surface area contributed by atoms with Crippen molar-refractivity contribution in [2.45, 2.75) is 26.7 Å². The molecule has 3 amide bonds. The molecule has 2 heterocycles. The smallest absolute Gasteiger partial charge is 0.316 e. The van der Waals surface area contributed by atoms with E-state index in [-0.39, 0.29) is 54.4 Å². The predicted octanol–water partition coefficient (Wildman–Crippen LogP) is 4.23. The lowest BCUT2D eigenvalue weighted by molar-refractivity contribution is -0.139. The number of fused-ring (bicyclic) bond motifs is 5. The minimum atomic E-state index is -0.611. The molecule has 8 heteroatoms. The molecule has 36 heavy (non-hydrogen) atoms. The number of rotatable bonds is 4. The molecule has 2 bridgehead atoms. The maximum atomic E-state index is 13.1. The van der Waals surface area contributed by atoms with E-state index in [4.69, 9.17) is 16.3 Å². The normalized spacial score (nSPS) is 28.4. The average Bonchev–Trinajstić information content (AvgIpc) is 3.60. The summed E-state index contributed by atoms with van der Waals surface area (Å²) in [6, 6.07) is 10.3. The molecule has 0 unspecified atom stereocenters. The number of amides is 3. The van der Waals surface area contributed by atoms with Crippen LogP contribution in [0.3, 0.4) is 0 Å². The Hall–Kier alpha value is -3.45. The van der Waals surface area contributed by atoms with E-state index in [1.807, 2.05) is 13.0 Å². The van der Waals surface area contributed by atoms with Gasteiger partial charge in [-0.25, -0.2) is 4.90 Å². The standard InChI is InChI=1S/C28H25ClN2O5/c1-14-10-19(8-9-21(14)31-26(33)24-16-6-7-17(11-16)25(24)27(31)34)36-28(35)18-12-23(32)30(13-18)22-5-3-4-20(29)15(22)2/h3-10,16-18,24-25H,11-13H2,1-2H3/t16-,17-,18+,24+,25+/m0/s1. The van der Waals surface area contributed by atoms with Crippen molar-refractivity contribution in [2.24, 2.45) is 29.6 Å². The summed E-state index contributed by atoms with van der Waals surface area (Å²) in [5, 5.41) is 0.560. The van der Waals surface area contributed by atoms with Crippen LogP contribution in [0.4, 0.5) is 11.4 Å². The highest BCUT2D eigenvalue weighted by molar-refractivity contribution is 6.31. The van der Waals surface area contributed by atoms with Crippen molar-refractivity contribution < 1.29 is 23.9 Å². The molecule has 1 saturated carbocycles. The number of nitrogens with zero attached hydrogens (tertiary/aromatic N) is 2. The van der Waals surface area contributed by atoms with Gasteiger partial charge in [-0.15, -0.1) is 0 Å². The van der Waals surface area contributed by atoms with E-state index < -0.39 is 11.9 Å². The lowest BCUT2D eigenvalue weighted by Gasteiger charge is -2.20. The van der Waals surface area contributed by atoms with Gasteiger partial charge >= 0.3 is 5.97 Å². The zero-order valence-corrected chi connectivity index (χ0v) is 20.7. The number of halogens is 1. The van der Waals surface area contributed by atoms with Crippen LogP contribution in [0.5, 0.6) is 5.75 Å². The van der Waals surface area contributed by atoms with Gasteiger partial charge in [-0.2, -0.15) is 0 Å². The van der Waals surface area contributed by atoms with Crippen LogP contribution < -0.4 is 14.5 Å². The molecule has 2 saturated heterocycles. The highest BCUT2D eigenvalue weighted by Gasteiger charge is 2.59. The number of benzene rings is 2. The van der Waals surface area contributed by atoms with Gasteiger partial charge in [0.1, 0.15) is 5.75 Å². The molecule has 0 aromatic heterocycles. The molecule has 2 aromatic carbocycles. The van der Waals surface area contributed by atoms with E-state index in [2.05, 4.69) is 12.2 Å². The number of esters is 1. The van der Waals surface area contributed by atoms with Crippen molar-refractivity contribution in [1.29, 1.82) is 0 Å². The van der Waals surface area contributed by atoms with E-state index in [1.54, 1.807) is 42.2 Å². The number of allylic oxidation sites excluding steroid dienone is 2. The molecule has 2 aromatic rings. The summed E-state index contributed by atoms with van der Waals surface area (Å²) < 4.78 is 5.61. The number of ether oxygens (including phenoxy) is 1. The first kappa shape index (κ1) is 23.0. The summed E-state index contributed by atoms with van der Waals surface area (Å²) in [4.78, 5) is 54.7. The summed E-state index contributed by atoms with van der Waals surface area (Å²) in [5.41, 5.74) is 2.67. The van der Waals surface area contributed by atoms with E-state index in [1.165, 1.54) is 4.90 Å². The fourth-order valence-corrected chi connectivity index (χ4v) is 6.44. The molecular formula is C28H25ClN2O5. The quantitative estimate of drug-likeness (QED) is 0.269. The number of aryl methyl sites for hydroxylation is 1. The van der Waals surface area contributed by atoms with Crippen molar-refractivity contribution in [2.75, 3.05) is 16.3 Å². The second-order valence-corrected chi connectivity index (χ2v) is 10.6. The van der Waals surface area contributed by atoms with Crippen LogP contribution in [-0.4, -0.2) is 30.2 Å². The fraction of sp³-hybridized carbons (Fsp3) is 0.357. The molecule has 6 rings (SSSR count). The minimum absolute atomic E-state index is 0.0534. The molecule has 5 atom stereocenters. The Bertz CT molecular complexity index is 1340. The van der Waals surface area contributed by atoms with E-state index >= 15 is 0 Å². The highest BCUT2D eigenvalue weighted by atomic mass is 35.5. The second-order valence-electron chi connectivity index (χ2n) is 10.2. The summed E-state index contributed by atoms with van der Waals surface area (Å²) in [6.45, 7) is 3.84. The van der Waals surface area contributed by atoms with E-state index in [0.717, 1.165) is 12.0 Å². The second kappa shape index (κ2) is 8.30. The van der Waals surface area contributed by atoms with Crippen molar-refractivity contribution >= 4 is 46.7 Å². The minimum Gasteiger partial charge on any atom is -0.426 e. The van der Waals surface area contributed by atoms with Crippen molar-refractivity contribution in [3.8, 4) is 5.75 Å². The van der Waals surface area contributed by atoms with Crippen LogP contribution >= 0.6 is 11.6 Å². The van der Waals surface area contributed by atoms with Crippen molar-refractivity contribution in [3.05, 3.63) is 64.7 Å². The van der Waals surface area contributed by atoms with E-state index in [0.29, 0.717) is 27.7 Å². The van der Waals surface area contributed by atoms with Crippen LogP contribution in [0.15, 0.2) is 48.6 Å². The molecule has 0 radical (unpaired) electrons. The summed E-state index contributed by atoms with van der Waals surface area (Å²) in [5.74, 6) is -1.49. The maximum absolute atomic E-state index is 13.1. The Labute approximate surface area is 213 Å². The lowest BCUT2D eigenvalue weighted by atomic mass is 9.85. The van der Waals surface area contributed by atoms with Crippen molar-refractivity contribution in [3.63, 3.8) is 0 Å². The van der Waals surface area contributed by atoms with Gasteiger partial charge in [-0.1, -0.05) is 29.8 Å². The van der Waals surface area contributed by atoms with Crippen LogP contribution in [0.25, 0.3) is 0 Å². The first-order valence-corrected chi connectivity index (χ1v) is 12.6. The Morgan fingerprint density at radius 2 is 1.67 bits per heavy atom. The molecular weight excluding hydrogens is 480 g/mol. The van der Waals surface area contributed by atoms with Crippen LogP contribution in [-0.2, 0) is 19.2 Å². The van der Waals surface area contributed by atoms with Gasteiger partial charge < -0.3 is 9.64 Å². The lowest BCUT2D eigenvalue weighted by Crippen LogP contribution is -2.33. The zero-order valence-electron chi connectivity index (χ0n) is 19.9. The molecule has 0 N–H and O–H groups in total. The number of carbonyl (C=O) groups excluding carboxylic acids is 4. The molecule has 0 spiro atoms. The average molecular weight is 505 g/mol. The molecule has 2 aliphatic heterocycles. The van der Waals surface area contributed by atoms with Gasteiger partial charge in [0.15, 0.2) is 0 Å². The van der Waals surface area contributed by atoms with Gasteiger partial charge in [0.2, 0.25) is 17.7 Å². The van der Waals surface area contributed by atoms with Gasteiger partial charge in [0.25, 0.3) is 0 Å². The highest BCUT2D eigenvalue weighted by Crippen LogP contribution is 2.53. The third-order valence-electron chi connectivity index (χ3n) is 8.09. The Morgan fingerprint density at radius 3 is 2.33 bits per heavy atom. The zero-order chi connectivity index (χ0) is 25.3. The number of imide groups is 1. The molecule has 7 nitrogen and oxygen atoms in total. The summed E-state index contributed by atoms with van der Waals surface area (Å²) in [7, 11) is 0. The first-order chi connectivity index (χ1) is 17.2.